The number of anilines is 1. The van der Waals surface area contributed by atoms with Crippen molar-refractivity contribution in [1.82, 2.24) is 9.97 Å². The molecule has 5 N–H and O–H groups in total. The van der Waals surface area contributed by atoms with Crippen LogP contribution in [0.2, 0.25) is 0 Å². The average Bonchev–Trinajstić information content (AvgIpc) is 2.67. The van der Waals surface area contributed by atoms with Gasteiger partial charge in [-0.25, -0.2) is 14.6 Å². The molecule has 12 heteroatoms. The minimum atomic E-state index is -4.55. The van der Waals surface area contributed by atoms with Crippen molar-refractivity contribution in [2.45, 2.75) is 6.18 Å². The smallest absolute Gasteiger partial charge is 0.417 e. The van der Waals surface area contributed by atoms with Gasteiger partial charge in [0.15, 0.2) is 0 Å². The number of aromatic carboxylic acids is 2. The third-order valence-electron chi connectivity index (χ3n) is 4.10. The number of H-pyrrole nitrogens is 1. The number of rotatable bonds is 5. The van der Waals surface area contributed by atoms with Gasteiger partial charge in [0.1, 0.15) is 22.7 Å². The van der Waals surface area contributed by atoms with Crippen LogP contribution in [0.1, 0.15) is 26.3 Å². The summed E-state index contributed by atoms with van der Waals surface area (Å²) < 4.78 is 43.1. The van der Waals surface area contributed by atoms with Gasteiger partial charge in [0.2, 0.25) is 5.88 Å². The number of alkyl halides is 3. The van der Waals surface area contributed by atoms with Crippen molar-refractivity contribution in [3.05, 3.63) is 69.6 Å². The van der Waals surface area contributed by atoms with Crippen LogP contribution in [0, 0.1) is 0 Å². The maximum absolute atomic E-state index is 12.6. The van der Waals surface area contributed by atoms with Crippen LogP contribution < -0.4 is 16.0 Å². The summed E-state index contributed by atoms with van der Waals surface area (Å²) in [5.74, 6) is -3.76. The van der Waals surface area contributed by atoms with E-state index in [1.54, 1.807) is 0 Å². The molecule has 2 aromatic heterocycles. The van der Waals surface area contributed by atoms with Crippen molar-refractivity contribution in [2.24, 2.45) is 0 Å². The van der Waals surface area contributed by atoms with Crippen molar-refractivity contribution in [1.29, 1.82) is 0 Å². The second-order valence-corrected chi connectivity index (χ2v) is 6.11. The van der Waals surface area contributed by atoms with Gasteiger partial charge in [-0.15, -0.1) is 0 Å². The normalized spacial score (nSPS) is 11.2. The molecule has 2 heterocycles. The number of nitrogens with two attached hydrogens (primary N) is 1. The molecule has 0 spiro atoms. The van der Waals surface area contributed by atoms with Gasteiger partial charge >= 0.3 is 18.1 Å². The Labute approximate surface area is 170 Å². The van der Waals surface area contributed by atoms with Crippen LogP contribution in [0.25, 0.3) is 11.1 Å². The van der Waals surface area contributed by atoms with Gasteiger partial charge in [-0.3, -0.25) is 4.79 Å². The van der Waals surface area contributed by atoms with Crippen molar-refractivity contribution >= 4 is 17.8 Å². The molecule has 9 nitrogen and oxygen atoms in total. The Bertz CT molecular complexity index is 1220. The summed E-state index contributed by atoms with van der Waals surface area (Å²) in [6, 6.07) is 6.93. The number of carboxylic acid groups (broad SMARTS) is 2. The van der Waals surface area contributed by atoms with Gasteiger partial charge in [-0.1, -0.05) is 12.1 Å². The Balaban J connectivity index is 1.99. The van der Waals surface area contributed by atoms with Gasteiger partial charge in [-0.2, -0.15) is 13.2 Å². The number of hydrogen-bond acceptors (Lipinski definition) is 6. The van der Waals surface area contributed by atoms with Gasteiger partial charge < -0.3 is 25.7 Å². The average molecular weight is 435 g/mol. The van der Waals surface area contributed by atoms with E-state index < -0.39 is 51.7 Å². The minimum Gasteiger partial charge on any atom is -0.478 e. The molecule has 1 aromatic carbocycles. The molecule has 0 fully saturated rings. The van der Waals surface area contributed by atoms with Gasteiger partial charge in [0.25, 0.3) is 5.56 Å². The predicted octanol–water partition coefficient (Wildman–Crippen LogP) is 3.23. The third kappa shape index (κ3) is 4.32. The van der Waals surface area contributed by atoms with Crippen molar-refractivity contribution in [2.75, 3.05) is 5.73 Å². The Morgan fingerprint density at radius 1 is 1.00 bits per heavy atom. The summed E-state index contributed by atoms with van der Waals surface area (Å²) in [6.07, 6.45) is -3.95. The van der Waals surface area contributed by atoms with E-state index in [0.29, 0.717) is 6.20 Å². The molecule has 0 saturated carbocycles. The number of nitrogen functional groups attached to an aromatic ring is 1. The van der Waals surface area contributed by atoms with E-state index in [2.05, 4.69) is 4.98 Å². The fourth-order valence-electron chi connectivity index (χ4n) is 2.75. The van der Waals surface area contributed by atoms with Gasteiger partial charge in [0.05, 0.1) is 5.56 Å². The van der Waals surface area contributed by atoms with Crippen LogP contribution in [0.15, 0.2) is 47.4 Å². The first-order chi connectivity index (χ1) is 14.5. The number of aromatic amines is 1. The summed E-state index contributed by atoms with van der Waals surface area (Å²) in [4.78, 5) is 40.7. The van der Waals surface area contributed by atoms with E-state index >= 15 is 0 Å². The van der Waals surface area contributed by atoms with Crippen LogP contribution >= 0.6 is 0 Å². The SMILES string of the molecule is Nc1[nH]c(=O)c(C(=O)O)c(-c2ccc(Oc3ccc(C(F)(F)F)cn3)cc2)c1C(=O)O. The van der Waals surface area contributed by atoms with E-state index in [9.17, 15) is 37.8 Å². The highest BCUT2D eigenvalue weighted by atomic mass is 19.4. The molecule has 0 radical (unpaired) electrons. The van der Waals surface area contributed by atoms with E-state index in [1.807, 2.05) is 4.98 Å². The van der Waals surface area contributed by atoms with E-state index in [-0.39, 0.29) is 17.2 Å². The Hall–Kier alpha value is -4.35. The summed E-state index contributed by atoms with van der Waals surface area (Å²) in [7, 11) is 0. The standard InChI is InChI=1S/C19H12F3N3O6/c20-19(21,22)9-3-6-11(24-7-9)31-10-4-1-8(2-5-10)12-13(17(27)28)15(23)25-16(26)14(12)18(29)30/h1-7H,(H,27,28)(H,29,30)(H3,23,25,26). The number of nitrogens with one attached hydrogen (secondary N) is 1. The molecule has 31 heavy (non-hydrogen) atoms. The van der Waals surface area contributed by atoms with Crippen LogP contribution in [-0.4, -0.2) is 32.1 Å². The molecule has 0 bridgehead atoms. The van der Waals surface area contributed by atoms with E-state index in [4.69, 9.17) is 10.5 Å². The number of ether oxygens (including phenoxy) is 1. The number of carboxylic acids is 2. The molecule has 3 aromatic rings. The monoisotopic (exact) mass is 435 g/mol. The number of benzene rings is 1. The fourth-order valence-corrected chi connectivity index (χ4v) is 2.75. The zero-order valence-corrected chi connectivity index (χ0v) is 15.2. The Morgan fingerprint density at radius 3 is 2.10 bits per heavy atom. The lowest BCUT2D eigenvalue weighted by molar-refractivity contribution is -0.137. The van der Waals surface area contributed by atoms with Gasteiger partial charge in [-0.05, 0) is 23.8 Å². The zero-order chi connectivity index (χ0) is 22.9. The number of hydrogen-bond donors (Lipinski definition) is 4. The number of halogens is 3. The summed E-state index contributed by atoms with van der Waals surface area (Å²) >= 11 is 0. The maximum atomic E-state index is 12.6. The number of carbonyl (C=O) groups is 2. The topological polar surface area (TPSA) is 156 Å². The first-order valence-corrected chi connectivity index (χ1v) is 8.33. The van der Waals surface area contributed by atoms with Crippen molar-refractivity contribution in [3.8, 4) is 22.8 Å². The molecule has 3 rings (SSSR count). The molecular weight excluding hydrogens is 423 g/mol. The van der Waals surface area contributed by atoms with Crippen molar-refractivity contribution < 1.29 is 37.7 Å². The molecule has 160 valence electrons. The quantitative estimate of drug-likeness (QED) is 0.476. The summed E-state index contributed by atoms with van der Waals surface area (Å²) in [6.45, 7) is 0. The van der Waals surface area contributed by atoms with Crippen LogP contribution in [0.3, 0.4) is 0 Å². The number of aromatic nitrogens is 2. The van der Waals surface area contributed by atoms with E-state index in [1.165, 1.54) is 24.3 Å². The maximum Gasteiger partial charge on any atom is 0.417 e. The molecule has 0 aliphatic rings. The van der Waals surface area contributed by atoms with Crippen LogP contribution in [0.5, 0.6) is 11.6 Å². The highest BCUT2D eigenvalue weighted by Gasteiger charge is 2.31. The lowest BCUT2D eigenvalue weighted by atomic mass is 9.95. The molecule has 0 saturated heterocycles. The second-order valence-electron chi connectivity index (χ2n) is 6.11. The largest absolute Gasteiger partial charge is 0.478 e. The third-order valence-corrected chi connectivity index (χ3v) is 4.10. The molecule has 0 unspecified atom stereocenters. The molecular formula is C19H12F3N3O6. The molecule has 0 aliphatic carbocycles. The molecule has 0 amide bonds. The number of nitrogens with zero attached hydrogens (tertiary/aromatic N) is 1. The first kappa shape index (κ1) is 21.4. The zero-order valence-electron chi connectivity index (χ0n) is 15.2. The van der Waals surface area contributed by atoms with E-state index in [0.717, 1.165) is 12.1 Å². The van der Waals surface area contributed by atoms with Crippen LogP contribution in [-0.2, 0) is 6.18 Å². The van der Waals surface area contributed by atoms with Gasteiger partial charge in [0, 0.05) is 17.8 Å². The Kier molecular flexibility index (Phi) is 5.39. The molecule has 0 aliphatic heterocycles. The lowest BCUT2D eigenvalue weighted by Crippen LogP contribution is -2.24. The second kappa shape index (κ2) is 7.82. The lowest BCUT2D eigenvalue weighted by Gasteiger charge is -2.13. The summed E-state index contributed by atoms with van der Waals surface area (Å²) in [5.41, 5.74) is 1.75. The van der Waals surface area contributed by atoms with Crippen LogP contribution in [0.4, 0.5) is 19.0 Å². The van der Waals surface area contributed by atoms with Crippen molar-refractivity contribution in [3.63, 3.8) is 0 Å². The highest BCUT2D eigenvalue weighted by molar-refractivity contribution is 6.07. The number of pyridine rings is 2. The minimum absolute atomic E-state index is 0.0420. The highest BCUT2D eigenvalue weighted by Crippen LogP contribution is 2.32. The Morgan fingerprint density at radius 2 is 1.61 bits per heavy atom. The first-order valence-electron chi connectivity index (χ1n) is 8.33. The predicted molar refractivity (Wildman–Crippen MR) is 100 cm³/mol. The fraction of sp³-hybridized carbons (Fsp3) is 0.0526. The summed E-state index contributed by atoms with van der Waals surface area (Å²) in [5, 5.41) is 18.8. The molecule has 0 atom stereocenters.